The van der Waals surface area contributed by atoms with Crippen LogP contribution in [-0.4, -0.2) is 14.3 Å². The third-order valence-electron chi connectivity index (χ3n) is 4.49. The molecule has 0 aliphatic heterocycles. The maximum absolute atomic E-state index is 13.2. The summed E-state index contributed by atoms with van der Waals surface area (Å²) >= 11 is 7.00. The number of hydrazine groups is 1. The highest BCUT2D eigenvalue weighted by Crippen LogP contribution is 2.33. The van der Waals surface area contributed by atoms with Gasteiger partial charge < -0.3 is 0 Å². The number of carbonyl (C=O) groups excluding carboxylic acids is 1. The minimum Gasteiger partial charge on any atom is -0.273 e. The molecule has 3 rings (SSSR count). The van der Waals surface area contributed by atoms with Crippen molar-refractivity contribution in [2.75, 3.05) is 0 Å². The average molecular weight is 417 g/mol. The van der Waals surface area contributed by atoms with Crippen molar-refractivity contribution in [2.24, 2.45) is 5.92 Å². The molecule has 1 aromatic heterocycles. The minimum atomic E-state index is -4.05. The molecule has 5 nitrogen and oxygen atoms in total. The fraction of sp³-hybridized carbons (Fsp3) is 0.353. The molecular weight excluding hydrogens is 399 g/mol. The zero-order valence-corrected chi connectivity index (χ0v) is 16.4. The topological polar surface area (TPSA) is 75.3 Å². The van der Waals surface area contributed by atoms with Crippen molar-refractivity contribution in [1.29, 1.82) is 0 Å². The van der Waals surface area contributed by atoms with E-state index in [-0.39, 0.29) is 9.92 Å². The number of fused-ring (bicyclic) bond motifs is 1. The number of halogens is 2. The van der Waals surface area contributed by atoms with Gasteiger partial charge in [0.25, 0.3) is 15.9 Å². The molecule has 9 heteroatoms. The molecule has 2 aromatic rings. The Morgan fingerprint density at radius 1 is 1.38 bits per heavy atom. The Morgan fingerprint density at radius 3 is 2.85 bits per heavy atom. The van der Waals surface area contributed by atoms with Gasteiger partial charge in [-0.05, 0) is 55.0 Å². The number of carbonyl (C=O) groups is 1. The van der Waals surface area contributed by atoms with E-state index in [2.05, 4.69) is 12.3 Å². The van der Waals surface area contributed by atoms with Crippen molar-refractivity contribution in [3.05, 3.63) is 50.4 Å². The molecule has 0 fully saturated rings. The van der Waals surface area contributed by atoms with E-state index in [9.17, 15) is 17.6 Å². The van der Waals surface area contributed by atoms with Gasteiger partial charge in [0.2, 0.25) is 0 Å². The molecule has 1 aliphatic carbocycles. The molecule has 0 unspecified atom stereocenters. The Hall–Kier alpha value is -1.48. The Morgan fingerprint density at radius 2 is 2.15 bits per heavy atom. The number of hydrogen-bond donors (Lipinski definition) is 2. The van der Waals surface area contributed by atoms with Crippen LogP contribution in [0.3, 0.4) is 0 Å². The van der Waals surface area contributed by atoms with E-state index in [1.54, 1.807) is 0 Å². The van der Waals surface area contributed by atoms with E-state index in [0.29, 0.717) is 10.8 Å². The lowest BCUT2D eigenvalue weighted by Gasteiger charge is -2.19. The van der Waals surface area contributed by atoms with Gasteiger partial charge in [-0.1, -0.05) is 24.9 Å². The first kappa shape index (κ1) is 19.3. The molecule has 26 heavy (non-hydrogen) atoms. The summed E-state index contributed by atoms with van der Waals surface area (Å²) in [5.74, 6) is -0.604. The van der Waals surface area contributed by atoms with Gasteiger partial charge in [0.1, 0.15) is 5.82 Å². The van der Waals surface area contributed by atoms with Crippen molar-refractivity contribution < 1.29 is 17.6 Å². The highest BCUT2D eigenvalue weighted by molar-refractivity contribution is 7.89. The van der Waals surface area contributed by atoms with E-state index in [1.807, 2.05) is 10.9 Å². The molecule has 1 aliphatic rings. The Balaban J connectivity index is 1.69. The summed E-state index contributed by atoms with van der Waals surface area (Å²) in [6.45, 7) is 2.16. The summed E-state index contributed by atoms with van der Waals surface area (Å²) in [5, 5.41) is -0.310. The van der Waals surface area contributed by atoms with Crippen molar-refractivity contribution in [3.8, 4) is 0 Å². The number of aryl methyl sites for hydroxylation is 1. The summed E-state index contributed by atoms with van der Waals surface area (Å²) in [6, 6.07) is 4.85. The normalized spacial score (nSPS) is 17.0. The molecule has 140 valence electrons. The van der Waals surface area contributed by atoms with Crippen molar-refractivity contribution >= 4 is 38.9 Å². The lowest BCUT2D eigenvalue weighted by Crippen LogP contribution is -2.41. The van der Waals surface area contributed by atoms with Crippen molar-refractivity contribution in [3.63, 3.8) is 0 Å². The molecule has 1 amide bonds. The molecule has 0 radical (unpaired) electrons. The maximum Gasteiger partial charge on any atom is 0.276 e. The van der Waals surface area contributed by atoms with Crippen LogP contribution in [0.25, 0.3) is 0 Å². The van der Waals surface area contributed by atoms with Gasteiger partial charge in [0.15, 0.2) is 0 Å². The molecule has 2 N–H and O–H groups in total. The van der Waals surface area contributed by atoms with Crippen molar-refractivity contribution in [1.82, 2.24) is 10.3 Å². The van der Waals surface area contributed by atoms with Crippen LogP contribution < -0.4 is 10.3 Å². The monoisotopic (exact) mass is 416 g/mol. The lowest BCUT2D eigenvalue weighted by atomic mass is 9.87. The number of hydrogen-bond acceptors (Lipinski definition) is 4. The predicted octanol–water partition coefficient (Wildman–Crippen LogP) is 3.68. The Labute approximate surface area is 160 Å². The van der Waals surface area contributed by atoms with Gasteiger partial charge >= 0.3 is 0 Å². The Kier molecular flexibility index (Phi) is 5.67. The molecule has 0 spiro atoms. The van der Waals surface area contributed by atoms with Crippen LogP contribution in [-0.2, 0) is 22.9 Å². The number of sulfonamides is 1. The molecule has 0 saturated carbocycles. The third kappa shape index (κ3) is 4.09. The fourth-order valence-electron chi connectivity index (χ4n) is 2.94. The summed E-state index contributed by atoms with van der Waals surface area (Å²) in [5.41, 5.74) is 3.38. The van der Waals surface area contributed by atoms with E-state index >= 15 is 0 Å². The first-order valence-electron chi connectivity index (χ1n) is 8.19. The van der Waals surface area contributed by atoms with Gasteiger partial charge in [-0.15, -0.1) is 16.2 Å². The second-order valence-corrected chi connectivity index (χ2v) is 9.44. The standard InChI is InChI=1S/C17H18ClFN2O3S2/c1-2-10-3-6-15-11(7-10)8-16(25-15)17(22)20-21-26(23,24)12-4-5-14(19)13(18)9-12/h4-5,8-10,21H,2-3,6-7H2,1H3,(H,20,22)/t10-/m1/s1. The van der Waals surface area contributed by atoms with Crippen LogP contribution in [0.4, 0.5) is 4.39 Å². The van der Waals surface area contributed by atoms with E-state index < -0.39 is 21.7 Å². The number of benzene rings is 1. The molecule has 1 aromatic carbocycles. The maximum atomic E-state index is 13.2. The second-order valence-electron chi connectivity index (χ2n) is 6.21. The van der Waals surface area contributed by atoms with Gasteiger partial charge in [-0.3, -0.25) is 10.2 Å². The quantitative estimate of drug-likeness (QED) is 0.730. The van der Waals surface area contributed by atoms with Crippen LogP contribution in [0.1, 0.15) is 39.9 Å². The number of amides is 1. The van der Waals surface area contributed by atoms with Gasteiger partial charge in [0, 0.05) is 4.88 Å². The molecule has 1 heterocycles. The molecule has 0 saturated heterocycles. The van der Waals surface area contributed by atoms with E-state index in [4.69, 9.17) is 11.6 Å². The van der Waals surface area contributed by atoms with Crippen LogP contribution in [0.15, 0.2) is 29.2 Å². The van der Waals surface area contributed by atoms with E-state index in [1.165, 1.54) is 21.8 Å². The molecule has 1 atom stereocenters. The zero-order chi connectivity index (χ0) is 18.9. The summed E-state index contributed by atoms with van der Waals surface area (Å²) in [4.78, 5) is 15.7. The summed E-state index contributed by atoms with van der Waals surface area (Å²) in [7, 11) is -4.05. The predicted molar refractivity (Wildman–Crippen MR) is 99.3 cm³/mol. The van der Waals surface area contributed by atoms with Crippen LogP contribution in [0.2, 0.25) is 5.02 Å². The lowest BCUT2D eigenvalue weighted by molar-refractivity contribution is 0.0949. The largest absolute Gasteiger partial charge is 0.276 e. The molecule has 0 bridgehead atoms. The van der Waals surface area contributed by atoms with Crippen LogP contribution >= 0.6 is 22.9 Å². The zero-order valence-electron chi connectivity index (χ0n) is 14.0. The van der Waals surface area contributed by atoms with Gasteiger partial charge in [0.05, 0.1) is 14.8 Å². The van der Waals surface area contributed by atoms with Crippen LogP contribution in [0, 0.1) is 11.7 Å². The van der Waals surface area contributed by atoms with E-state index in [0.717, 1.165) is 43.9 Å². The summed E-state index contributed by atoms with van der Waals surface area (Å²) < 4.78 is 37.6. The SMILES string of the molecule is CC[C@@H]1CCc2sc(C(=O)NNS(=O)(=O)c3ccc(F)c(Cl)c3)cc2C1. The smallest absolute Gasteiger partial charge is 0.273 e. The first-order valence-corrected chi connectivity index (χ1v) is 10.9. The third-order valence-corrected chi connectivity index (χ3v) is 7.26. The number of rotatable bonds is 5. The fourth-order valence-corrected chi connectivity index (χ4v) is 5.15. The first-order chi connectivity index (χ1) is 12.3. The average Bonchev–Trinajstić information content (AvgIpc) is 3.05. The summed E-state index contributed by atoms with van der Waals surface area (Å²) in [6.07, 6.45) is 4.13. The number of nitrogens with one attached hydrogen (secondary N) is 2. The number of thiophene rings is 1. The van der Waals surface area contributed by atoms with Crippen molar-refractivity contribution in [2.45, 2.75) is 37.5 Å². The van der Waals surface area contributed by atoms with Gasteiger partial charge in [-0.25, -0.2) is 12.8 Å². The second kappa shape index (κ2) is 7.64. The molecular formula is C17H18ClFN2O3S2. The highest BCUT2D eigenvalue weighted by Gasteiger charge is 2.23. The minimum absolute atomic E-state index is 0.236. The highest BCUT2D eigenvalue weighted by atomic mass is 35.5. The van der Waals surface area contributed by atoms with Gasteiger partial charge in [-0.2, -0.15) is 0 Å². The Bertz CT molecular complexity index is 943. The van der Waals surface area contributed by atoms with Crippen LogP contribution in [0.5, 0.6) is 0 Å².